The largest absolute Gasteiger partial charge is 0.300 e. The Kier molecular flexibility index (Phi) is 2.26. The van der Waals surface area contributed by atoms with Crippen molar-refractivity contribution in [3.8, 4) is 0 Å². The van der Waals surface area contributed by atoms with Crippen LogP contribution < -0.4 is 0 Å². The van der Waals surface area contributed by atoms with Gasteiger partial charge in [0.05, 0.1) is 0 Å². The lowest BCUT2D eigenvalue weighted by Crippen LogP contribution is -2.38. The van der Waals surface area contributed by atoms with Gasteiger partial charge in [-0.15, -0.1) is 0 Å². The third kappa shape index (κ3) is 1.52. The average Bonchev–Trinajstić information content (AvgIpc) is 2.07. The maximum absolute atomic E-state index is 11.0. The average molecular weight is 253 g/mol. The van der Waals surface area contributed by atoms with Gasteiger partial charge in [0.15, 0.2) is 0 Å². The van der Waals surface area contributed by atoms with Gasteiger partial charge in [-0.3, -0.25) is 4.79 Å². The molecule has 0 unspecified atom stereocenters. The Morgan fingerprint density at radius 3 is 2.50 bits per heavy atom. The quantitative estimate of drug-likeness (QED) is 0.749. The molecule has 0 atom stereocenters. The summed E-state index contributed by atoms with van der Waals surface area (Å²) in [7, 11) is 0. The molecule has 1 aromatic rings. The van der Waals surface area contributed by atoms with Crippen molar-refractivity contribution in [3.63, 3.8) is 0 Å². The second kappa shape index (κ2) is 3.20. The van der Waals surface area contributed by atoms with Crippen molar-refractivity contribution in [1.82, 2.24) is 0 Å². The summed E-state index contributed by atoms with van der Waals surface area (Å²) in [5.41, 5.74) is 2.63. The first-order valence-electron chi connectivity index (χ1n) is 4.80. The van der Waals surface area contributed by atoms with Crippen molar-refractivity contribution in [2.24, 2.45) is 0 Å². The van der Waals surface area contributed by atoms with E-state index in [1.54, 1.807) is 0 Å². The summed E-state index contributed by atoms with van der Waals surface area (Å²) in [6.07, 6.45) is 1.40. The standard InChI is InChI=1S/C12H13BrO/c1-8-5-9(3-4-11(8)13)12(2)6-10(14)7-12/h3-5H,6-7H2,1-2H3. The van der Waals surface area contributed by atoms with Crippen LogP contribution >= 0.6 is 15.9 Å². The fourth-order valence-corrected chi connectivity index (χ4v) is 2.29. The lowest BCUT2D eigenvalue weighted by molar-refractivity contribution is -0.127. The van der Waals surface area contributed by atoms with E-state index in [-0.39, 0.29) is 5.41 Å². The number of ketones is 1. The number of hydrogen-bond acceptors (Lipinski definition) is 1. The third-order valence-electron chi connectivity index (χ3n) is 3.03. The van der Waals surface area contributed by atoms with Gasteiger partial charge >= 0.3 is 0 Å². The van der Waals surface area contributed by atoms with Crippen LogP contribution in [0.25, 0.3) is 0 Å². The second-order valence-corrected chi connectivity index (χ2v) is 5.27. The van der Waals surface area contributed by atoms with Gasteiger partial charge in [-0.05, 0) is 24.1 Å². The van der Waals surface area contributed by atoms with E-state index >= 15 is 0 Å². The Morgan fingerprint density at radius 2 is 2.00 bits per heavy atom. The topological polar surface area (TPSA) is 17.1 Å². The molecule has 14 heavy (non-hydrogen) atoms. The van der Waals surface area contributed by atoms with Crippen LogP contribution in [0, 0.1) is 6.92 Å². The smallest absolute Gasteiger partial charge is 0.134 e. The summed E-state index contributed by atoms with van der Waals surface area (Å²) in [6, 6.07) is 6.36. The van der Waals surface area contributed by atoms with E-state index in [0.717, 1.165) is 4.47 Å². The fraction of sp³-hybridized carbons (Fsp3) is 0.417. The molecule has 0 spiro atoms. The first kappa shape index (κ1) is 9.91. The highest BCUT2D eigenvalue weighted by Gasteiger charge is 2.40. The molecular weight excluding hydrogens is 240 g/mol. The van der Waals surface area contributed by atoms with Gasteiger partial charge in [0.1, 0.15) is 5.78 Å². The van der Waals surface area contributed by atoms with E-state index in [1.165, 1.54) is 11.1 Å². The predicted octanol–water partition coefficient (Wildman–Crippen LogP) is 3.38. The van der Waals surface area contributed by atoms with Crippen molar-refractivity contribution >= 4 is 21.7 Å². The molecule has 1 aliphatic carbocycles. The Balaban J connectivity index is 2.34. The Hall–Kier alpha value is -0.630. The maximum Gasteiger partial charge on any atom is 0.134 e. The molecular formula is C12H13BrO. The van der Waals surface area contributed by atoms with Crippen molar-refractivity contribution in [3.05, 3.63) is 33.8 Å². The van der Waals surface area contributed by atoms with Gasteiger partial charge in [-0.2, -0.15) is 0 Å². The van der Waals surface area contributed by atoms with Crippen molar-refractivity contribution in [2.45, 2.75) is 32.1 Å². The van der Waals surface area contributed by atoms with Crippen LogP contribution in [-0.2, 0) is 10.2 Å². The van der Waals surface area contributed by atoms with Gasteiger partial charge in [0.2, 0.25) is 0 Å². The highest BCUT2D eigenvalue weighted by Crippen LogP contribution is 2.41. The Morgan fingerprint density at radius 1 is 1.36 bits per heavy atom. The van der Waals surface area contributed by atoms with Crippen LogP contribution in [0.15, 0.2) is 22.7 Å². The minimum absolute atomic E-state index is 0.0997. The first-order valence-corrected chi connectivity index (χ1v) is 5.59. The van der Waals surface area contributed by atoms with Crippen molar-refractivity contribution in [1.29, 1.82) is 0 Å². The number of carbonyl (C=O) groups is 1. The predicted molar refractivity (Wildman–Crippen MR) is 60.5 cm³/mol. The number of benzene rings is 1. The number of aryl methyl sites for hydroxylation is 1. The molecule has 1 aromatic carbocycles. The van der Waals surface area contributed by atoms with Gasteiger partial charge in [-0.25, -0.2) is 0 Å². The van der Waals surface area contributed by atoms with Crippen LogP contribution in [0.1, 0.15) is 30.9 Å². The summed E-state index contributed by atoms with van der Waals surface area (Å²) >= 11 is 3.48. The van der Waals surface area contributed by atoms with Crippen molar-refractivity contribution in [2.75, 3.05) is 0 Å². The molecule has 0 saturated heterocycles. The molecule has 0 heterocycles. The Labute approximate surface area is 92.6 Å². The summed E-state index contributed by atoms with van der Waals surface area (Å²) in [5.74, 6) is 0.382. The van der Waals surface area contributed by atoms with Gasteiger partial charge in [0.25, 0.3) is 0 Å². The Bertz CT molecular complexity index is 387. The molecule has 1 fully saturated rings. The molecule has 1 saturated carbocycles. The monoisotopic (exact) mass is 252 g/mol. The fourth-order valence-electron chi connectivity index (χ4n) is 2.04. The molecule has 2 heteroatoms. The summed E-state index contributed by atoms with van der Waals surface area (Å²) < 4.78 is 1.13. The number of Topliss-reactive ketones (excluding diaryl/α,β-unsaturated/α-hetero) is 1. The van der Waals surface area contributed by atoms with Gasteiger partial charge < -0.3 is 0 Å². The van der Waals surface area contributed by atoms with Gasteiger partial charge in [-0.1, -0.05) is 35.0 Å². The van der Waals surface area contributed by atoms with Crippen molar-refractivity contribution < 1.29 is 4.79 Å². The van der Waals surface area contributed by atoms with E-state index in [0.29, 0.717) is 18.6 Å². The molecule has 0 amide bonds. The highest BCUT2D eigenvalue weighted by molar-refractivity contribution is 9.10. The zero-order valence-corrected chi connectivity index (χ0v) is 10.0. The zero-order chi connectivity index (χ0) is 10.3. The normalized spacial score (nSPS) is 19.2. The zero-order valence-electron chi connectivity index (χ0n) is 8.43. The SMILES string of the molecule is Cc1cc(C2(C)CC(=O)C2)ccc1Br. The molecule has 1 nitrogen and oxygen atoms in total. The molecule has 74 valence electrons. The number of carbonyl (C=O) groups excluding carboxylic acids is 1. The van der Waals surface area contributed by atoms with Crippen LogP contribution in [0.2, 0.25) is 0 Å². The van der Waals surface area contributed by atoms with Crippen LogP contribution in [0.3, 0.4) is 0 Å². The van der Waals surface area contributed by atoms with E-state index in [1.807, 2.05) is 0 Å². The van der Waals surface area contributed by atoms with E-state index in [4.69, 9.17) is 0 Å². The molecule has 0 bridgehead atoms. The highest BCUT2D eigenvalue weighted by atomic mass is 79.9. The van der Waals surface area contributed by atoms with Gasteiger partial charge in [0, 0.05) is 22.7 Å². The number of rotatable bonds is 1. The number of halogens is 1. The third-order valence-corrected chi connectivity index (χ3v) is 3.92. The molecule has 1 aliphatic rings. The van der Waals surface area contributed by atoms with E-state index in [2.05, 4.69) is 48.0 Å². The minimum atomic E-state index is 0.0997. The lowest BCUT2D eigenvalue weighted by Gasteiger charge is -2.37. The van der Waals surface area contributed by atoms with E-state index in [9.17, 15) is 4.79 Å². The summed E-state index contributed by atoms with van der Waals surface area (Å²) in [6.45, 7) is 4.24. The maximum atomic E-state index is 11.0. The van der Waals surface area contributed by atoms with Crippen LogP contribution in [-0.4, -0.2) is 5.78 Å². The molecule has 0 N–H and O–H groups in total. The minimum Gasteiger partial charge on any atom is -0.300 e. The van der Waals surface area contributed by atoms with Crippen LogP contribution in [0.4, 0.5) is 0 Å². The molecule has 0 aliphatic heterocycles. The number of hydrogen-bond donors (Lipinski definition) is 0. The second-order valence-electron chi connectivity index (χ2n) is 4.42. The molecule has 0 radical (unpaired) electrons. The molecule has 0 aromatic heterocycles. The van der Waals surface area contributed by atoms with E-state index < -0.39 is 0 Å². The van der Waals surface area contributed by atoms with Crippen LogP contribution in [0.5, 0.6) is 0 Å². The molecule has 2 rings (SSSR count). The summed E-state index contributed by atoms with van der Waals surface area (Å²) in [4.78, 5) is 11.0. The first-order chi connectivity index (χ1) is 6.51. The summed E-state index contributed by atoms with van der Waals surface area (Å²) in [5, 5.41) is 0. The lowest BCUT2D eigenvalue weighted by atomic mass is 9.65.